The number of thiophene rings is 1. The van der Waals surface area contributed by atoms with Gasteiger partial charge in [-0.25, -0.2) is 4.98 Å². The van der Waals surface area contributed by atoms with Crippen molar-refractivity contribution in [1.29, 1.82) is 0 Å². The van der Waals surface area contributed by atoms with Gasteiger partial charge in [-0.1, -0.05) is 36.4 Å². The molecule has 0 amide bonds. The molecule has 0 spiro atoms. The van der Waals surface area contributed by atoms with Crippen molar-refractivity contribution in [2.75, 3.05) is 0 Å². The van der Waals surface area contributed by atoms with Crippen molar-refractivity contribution in [2.24, 2.45) is 0 Å². The molecular formula is C25H19N3O3S. The first-order chi connectivity index (χ1) is 15.8. The van der Waals surface area contributed by atoms with E-state index in [0.717, 1.165) is 39.4 Å². The zero-order valence-corrected chi connectivity index (χ0v) is 17.9. The van der Waals surface area contributed by atoms with E-state index in [9.17, 15) is 4.79 Å². The van der Waals surface area contributed by atoms with Gasteiger partial charge in [0.15, 0.2) is 6.29 Å². The van der Waals surface area contributed by atoms with Crippen molar-refractivity contribution in [1.82, 2.24) is 14.8 Å². The minimum atomic E-state index is 0.321. The first kappa shape index (κ1) is 20.0. The number of nitrogens with zero attached hydrogens (tertiary/aromatic N) is 3. The molecule has 158 valence electrons. The van der Waals surface area contributed by atoms with Crippen LogP contribution in [0.15, 0.2) is 89.0 Å². The molecule has 0 unspecified atom stereocenters. The van der Waals surface area contributed by atoms with E-state index in [1.165, 1.54) is 0 Å². The van der Waals surface area contributed by atoms with Gasteiger partial charge in [-0.15, -0.1) is 11.3 Å². The molecule has 6 nitrogen and oxygen atoms in total. The Morgan fingerprint density at radius 3 is 2.62 bits per heavy atom. The lowest BCUT2D eigenvalue weighted by molar-refractivity contribution is 0.112. The molecule has 0 saturated heterocycles. The van der Waals surface area contributed by atoms with E-state index in [0.29, 0.717) is 24.6 Å². The van der Waals surface area contributed by atoms with Crippen LogP contribution >= 0.6 is 11.3 Å². The molecule has 7 heteroatoms. The normalized spacial score (nSPS) is 10.9. The number of carbonyl (C=O) groups is 1. The highest BCUT2D eigenvalue weighted by atomic mass is 32.1. The Morgan fingerprint density at radius 1 is 1.03 bits per heavy atom. The van der Waals surface area contributed by atoms with Crippen LogP contribution in [0, 0.1) is 0 Å². The molecule has 0 atom stereocenters. The molecule has 0 aliphatic carbocycles. The second kappa shape index (κ2) is 9.03. The number of rotatable bonds is 8. The van der Waals surface area contributed by atoms with Crippen LogP contribution < -0.4 is 4.74 Å². The Bertz CT molecular complexity index is 1310. The van der Waals surface area contributed by atoms with Gasteiger partial charge in [-0.05, 0) is 41.3 Å². The minimum absolute atomic E-state index is 0.321. The van der Waals surface area contributed by atoms with Gasteiger partial charge in [0.25, 0.3) is 0 Å². The smallest absolute Gasteiger partial charge is 0.226 e. The summed E-state index contributed by atoms with van der Waals surface area (Å²) in [5.41, 5.74) is 4.03. The number of oxazole rings is 1. The van der Waals surface area contributed by atoms with Gasteiger partial charge in [0.1, 0.15) is 30.0 Å². The van der Waals surface area contributed by atoms with E-state index < -0.39 is 0 Å². The summed E-state index contributed by atoms with van der Waals surface area (Å²) in [4.78, 5) is 16.9. The summed E-state index contributed by atoms with van der Waals surface area (Å²) >= 11 is 1.57. The van der Waals surface area contributed by atoms with E-state index in [4.69, 9.17) is 9.15 Å². The quantitative estimate of drug-likeness (QED) is 0.289. The fourth-order valence-corrected chi connectivity index (χ4v) is 4.06. The van der Waals surface area contributed by atoms with Crippen molar-refractivity contribution in [3.05, 3.63) is 101 Å². The Balaban J connectivity index is 1.22. The molecule has 0 fully saturated rings. The molecule has 0 aliphatic rings. The van der Waals surface area contributed by atoms with Gasteiger partial charge in [0, 0.05) is 11.8 Å². The largest absolute Gasteiger partial charge is 0.487 e. The zero-order chi connectivity index (χ0) is 21.8. The van der Waals surface area contributed by atoms with Crippen molar-refractivity contribution < 1.29 is 13.9 Å². The number of ether oxygens (including phenoxy) is 1. The summed E-state index contributed by atoms with van der Waals surface area (Å²) < 4.78 is 13.2. The molecule has 5 rings (SSSR count). The predicted octanol–water partition coefficient (Wildman–Crippen LogP) is 5.71. The Morgan fingerprint density at radius 2 is 1.88 bits per heavy atom. The summed E-state index contributed by atoms with van der Waals surface area (Å²) in [7, 11) is 0. The van der Waals surface area contributed by atoms with Crippen molar-refractivity contribution in [3.63, 3.8) is 0 Å². The van der Waals surface area contributed by atoms with Gasteiger partial charge in [-0.3, -0.25) is 9.48 Å². The third-order valence-corrected chi connectivity index (χ3v) is 5.78. The van der Waals surface area contributed by atoms with Crippen LogP contribution in [-0.2, 0) is 13.2 Å². The molecule has 3 aromatic heterocycles. The molecule has 3 heterocycles. The van der Waals surface area contributed by atoms with Gasteiger partial charge in [-0.2, -0.15) is 5.10 Å². The lowest BCUT2D eigenvalue weighted by atomic mass is 10.2. The highest BCUT2D eigenvalue weighted by Crippen LogP contribution is 2.26. The summed E-state index contributed by atoms with van der Waals surface area (Å²) in [5.74, 6) is 1.32. The maximum absolute atomic E-state index is 11.4. The first-order valence-corrected chi connectivity index (χ1v) is 10.9. The monoisotopic (exact) mass is 441 g/mol. The zero-order valence-electron chi connectivity index (χ0n) is 17.0. The Kier molecular flexibility index (Phi) is 5.63. The maximum Gasteiger partial charge on any atom is 0.226 e. The Hall–Kier alpha value is -3.97. The molecule has 5 aromatic rings. The summed E-state index contributed by atoms with van der Waals surface area (Å²) in [6, 6.07) is 21.5. The van der Waals surface area contributed by atoms with Crippen molar-refractivity contribution in [2.45, 2.75) is 13.2 Å². The second-order valence-electron chi connectivity index (χ2n) is 7.17. The molecule has 0 aliphatic heterocycles. The highest BCUT2D eigenvalue weighted by molar-refractivity contribution is 7.13. The number of carbonyl (C=O) groups excluding carboxylic acids is 1. The molecule has 32 heavy (non-hydrogen) atoms. The summed E-state index contributed by atoms with van der Waals surface area (Å²) in [5, 5.41) is 6.57. The summed E-state index contributed by atoms with van der Waals surface area (Å²) in [6.45, 7) is 0.887. The molecular weight excluding hydrogens is 422 g/mol. The third-order valence-electron chi connectivity index (χ3n) is 4.90. The van der Waals surface area contributed by atoms with Crippen molar-refractivity contribution >= 4 is 17.6 Å². The third kappa shape index (κ3) is 4.38. The van der Waals surface area contributed by atoms with E-state index in [1.807, 2.05) is 72.1 Å². The van der Waals surface area contributed by atoms with Crippen LogP contribution in [-0.4, -0.2) is 21.1 Å². The van der Waals surface area contributed by atoms with Crippen molar-refractivity contribution in [3.8, 4) is 27.8 Å². The number of aldehydes is 1. The fourth-order valence-electron chi connectivity index (χ4n) is 3.33. The number of benzene rings is 2. The lowest BCUT2D eigenvalue weighted by Crippen LogP contribution is -2.01. The second-order valence-corrected chi connectivity index (χ2v) is 8.12. The van der Waals surface area contributed by atoms with Crippen LogP contribution in [0.2, 0.25) is 0 Å². The molecule has 0 N–H and O–H groups in total. The van der Waals surface area contributed by atoms with Crippen LogP contribution in [0.1, 0.15) is 21.6 Å². The van der Waals surface area contributed by atoms with Crippen LogP contribution in [0.5, 0.6) is 5.75 Å². The molecule has 2 aromatic carbocycles. The average Bonchev–Trinajstić information content (AvgIpc) is 3.60. The number of aromatic nitrogens is 3. The number of hydrogen-bond donors (Lipinski definition) is 0. The lowest BCUT2D eigenvalue weighted by Gasteiger charge is -2.06. The van der Waals surface area contributed by atoms with Crippen LogP contribution in [0.25, 0.3) is 22.0 Å². The van der Waals surface area contributed by atoms with E-state index in [-0.39, 0.29) is 0 Å². The predicted molar refractivity (Wildman–Crippen MR) is 123 cm³/mol. The van der Waals surface area contributed by atoms with Gasteiger partial charge < -0.3 is 9.15 Å². The van der Waals surface area contributed by atoms with Gasteiger partial charge in [0.05, 0.1) is 17.0 Å². The van der Waals surface area contributed by atoms with E-state index in [2.05, 4.69) is 10.1 Å². The average molecular weight is 442 g/mol. The molecule has 0 saturated carbocycles. The minimum Gasteiger partial charge on any atom is -0.487 e. The molecule has 0 bridgehead atoms. The van der Waals surface area contributed by atoms with Crippen LogP contribution in [0.4, 0.5) is 0 Å². The number of hydrogen-bond acceptors (Lipinski definition) is 6. The van der Waals surface area contributed by atoms with E-state index >= 15 is 0 Å². The molecule has 0 radical (unpaired) electrons. The fraction of sp³-hybridized carbons (Fsp3) is 0.0800. The van der Waals surface area contributed by atoms with E-state index in [1.54, 1.807) is 28.5 Å². The Labute approximate surface area is 188 Å². The summed E-state index contributed by atoms with van der Waals surface area (Å²) in [6.07, 6.45) is 4.24. The SMILES string of the molecule is O=Cc1cn(Cc2ccc(OCc3coc(-c4ccccc4)n3)cc2)nc1-c1cccs1. The first-order valence-electron chi connectivity index (χ1n) is 10.1. The maximum atomic E-state index is 11.4. The van der Waals surface area contributed by atoms with Gasteiger partial charge >= 0.3 is 0 Å². The van der Waals surface area contributed by atoms with Gasteiger partial charge in [0.2, 0.25) is 5.89 Å². The van der Waals surface area contributed by atoms with Crippen LogP contribution in [0.3, 0.4) is 0 Å². The topological polar surface area (TPSA) is 70.2 Å². The standard InChI is InChI=1S/C25H19N3O3S/c29-15-20-14-28(27-24(20)23-7-4-12-32-23)13-18-8-10-22(11-9-18)30-16-21-17-31-25(26-21)19-5-2-1-3-6-19/h1-12,14-15,17H,13,16H2. The highest BCUT2D eigenvalue weighted by Gasteiger charge is 2.12.